The van der Waals surface area contributed by atoms with Gasteiger partial charge in [-0.1, -0.05) is 0 Å². The molecule has 2 aliphatic heterocycles. The third-order valence-corrected chi connectivity index (χ3v) is 4.16. The monoisotopic (exact) mass is 365 g/mol. The molecule has 0 aromatic heterocycles. The van der Waals surface area contributed by atoms with E-state index < -0.39 is 5.97 Å². The zero-order chi connectivity index (χ0) is 18.7. The van der Waals surface area contributed by atoms with Crippen molar-refractivity contribution in [1.29, 1.82) is 0 Å². The van der Waals surface area contributed by atoms with Crippen molar-refractivity contribution >= 4 is 11.9 Å². The van der Waals surface area contributed by atoms with Gasteiger partial charge < -0.3 is 28.6 Å². The number of rotatable bonds is 4. The molecular weight excluding hydrogens is 342 g/mol. The molecule has 1 amide bonds. The molecule has 0 spiro atoms. The number of ether oxygens (including phenoxy) is 5. The van der Waals surface area contributed by atoms with Crippen LogP contribution in [0.4, 0.5) is 0 Å². The van der Waals surface area contributed by atoms with Gasteiger partial charge in [0.15, 0.2) is 18.1 Å². The summed E-state index contributed by atoms with van der Waals surface area (Å²) in [6.07, 6.45) is -0.0825. The Balaban J connectivity index is 1.64. The van der Waals surface area contributed by atoms with Gasteiger partial charge in [0.05, 0.1) is 24.9 Å². The predicted molar refractivity (Wildman–Crippen MR) is 90.9 cm³/mol. The van der Waals surface area contributed by atoms with E-state index in [1.165, 1.54) is 19.2 Å². The number of fused-ring (bicyclic) bond motifs is 1. The van der Waals surface area contributed by atoms with E-state index in [0.29, 0.717) is 43.6 Å². The summed E-state index contributed by atoms with van der Waals surface area (Å²) in [4.78, 5) is 26.3. The molecule has 0 saturated carbocycles. The first-order valence-electron chi connectivity index (χ1n) is 8.56. The van der Waals surface area contributed by atoms with Gasteiger partial charge in [-0.3, -0.25) is 4.79 Å². The van der Waals surface area contributed by atoms with E-state index in [9.17, 15) is 9.59 Å². The molecule has 142 valence electrons. The number of hydrogen-bond donors (Lipinski definition) is 0. The summed E-state index contributed by atoms with van der Waals surface area (Å²) in [5.41, 5.74) is 0.239. The Hall–Kier alpha value is -2.48. The molecule has 1 aromatic rings. The van der Waals surface area contributed by atoms with Crippen LogP contribution in [0.3, 0.4) is 0 Å². The normalized spacial score (nSPS) is 21.9. The number of benzene rings is 1. The second-order valence-electron chi connectivity index (χ2n) is 6.33. The van der Waals surface area contributed by atoms with Crippen LogP contribution in [-0.2, 0) is 14.3 Å². The number of amides is 1. The molecule has 0 unspecified atom stereocenters. The number of morpholine rings is 1. The molecule has 2 aliphatic rings. The molecule has 3 rings (SSSR count). The summed E-state index contributed by atoms with van der Waals surface area (Å²) in [5, 5.41) is 0. The lowest BCUT2D eigenvalue weighted by molar-refractivity contribution is -0.146. The highest BCUT2D eigenvalue weighted by molar-refractivity contribution is 5.92. The highest BCUT2D eigenvalue weighted by atomic mass is 16.6. The van der Waals surface area contributed by atoms with Crippen molar-refractivity contribution in [3.63, 3.8) is 0 Å². The second kappa shape index (κ2) is 7.82. The number of carbonyl (C=O) groups is 2. The number of nitrogens with zero attached hydrogens (tertiary/aromatic N) is 1. The van der Waals surface area contributed by atoms with Crippen molar-refractivity contribution < 1.29 is 33.3 Å². The molecule has 1 saturated heterocycles. The van der Waals surface area contributed by atoms with Gasteiger partial charge in [0, 0.05) is 13.1 Å². The van der Waals surface area contributed by atoms with E-state index in [-0.39, 0.29) is 30.3 Å². The maximum atomic E-state index is 12.3. The average molecular weight is 365 g/mol. The van der Waals surface area contributed by atoms with E-state index in [1.807, 2.05) is 13.8 Å². The summed E-state index contributed by atoms with van der Waals surface area (Å²) in [6, 6.07) is 3.04. The lowest BCUT2D eigenvalue weighted by Gasteiger charge is -2.35. The van der Waals surface area contributed by atoms with Gasteiger partial charge in [0.2, 0.25) is 5.75 Å². The Morgan fingerprint density at radius 1 is 1.15 bits per heavy atom. The molecule has 2 atom stereocenters. The molecule has 1 aromatic carbocycles. The van der Waals surface area contributed by atoms with Gasteiger partial charge in [-0.25, -0.2) is 4.79 Å². The first-order chi connectivity index (χ1) is 12.5. The van der Waals surface area contributed by atoms with Gasteiger partial charge in [0.25, 0.3) is 5.91 Å². The summed E-state index contributed by atoms with van der Waals surface area (Å²) >= 11 is 0. The summed E-state index contributed by atoms with van der Waals surface area (Å²) < 4.78 is 27.0. The SMILES string of the molecule is COc1cc(C(=O)OCC(=O)N2C[C@H](C)O[C@@H](C)C2)cc2c1OCCO2. The largest absolute Gasteiger partial charge is 0.493 e. The van der Waals surface area contributed by atoms with Crippen molar-refractivity contribution in [2.75, 3.05) is 40.0 Å². The fourth-order valence-electron chi connectivity index (χ4n) is 3.07. The first-order valence-corrected chi connectivity index (χ1v) is 8.56. The first kappa shape index (κ1) is 18.3. The van der Waals surface area contributed by atoms with Crippen LogP contribution in [0.25, 0.3) is 0 Å². The molecule has 26 heavy (non-hydrogen) atoms. The van der Waals surface area contributed by atoms with Crippen LogP contribution in [0, 0.1) is 0 Å². The standard InChI is InChI=1S/C18H23NO7/c1-11-8-19(9-12(2)26-11)16(20)10-25-18(21)13-6-14(22-3)17-15(7-13)23-4-5-24-17/h6-7,11-12H,4-5,8-10H2,1-3H3/t11-,12-/m0/s1. The smallest absolute Gasteiger partial charge is 0.338 e. The minimum atomic E-state index is -0.622. The minimum Gasteiger partial charge on any atom is -0.493 e. The van der Waals surface area contributed by atoms with E-state index >= 15 is 0 Å². The van der Waals surface area contributed by atoms with Crippen LogP contribution in [-0.4, -0.2) is 69.0 Å². The Bertz CT molecular complexity index is 663. The lowest BCUT2D eigenvalue weighted by atomic mass is 10.1. The summed E-state index contributed by atoms with van der Waals surface area (Å²) in [7, 11) is 1.48. The number of carbonyl (C=O) groups excluding carboxylic acids is 2. The summed E-state index contributed by atoms with van der Waals surface area (Å²) in [5.74, 6) is 0.400. The number of esters is 1. The third kappa shape index (κ3) is 4.01. The molecule has 8 heteroatoms. The summed E-state index contributed by atoms with van der Waals surface area (Å²) in [6.45, 7) is 5.26. The molecule has 0 radical (unpaired) electrons. The molecule has 0 bridgehead atoms. The van der Waals surface area contributed by atoms with Crippen LogP contribution in [0.1, 0.15) is 24.2 Å². The lowest BCUT2D eigenvalue weighted by Crippen LogP contribution is -2.49. The van der Waals surface area contributed by atoms with Gasteiger partial charge in [-0.05, 0) is 26.0 Å². The van der Waals surface area contributed by atoms with E-state index in [2.05, 4.69) is 0 Å². The topological polar surface area (TPSA) is 83.5 Å². The molecular formula is C18H23NO7. The van der Waals surface area contributed by atoms with Gasteiger partial charge in [0.1, 0.15) is 13.2 Å². The van der Waals surface area contributed by atoms with E-state index in [4.69, 9.17) is 23.7 Å². The predicted octanol–water partition coefficient (Wildman–Crippen LogP) is 1.26. The fourth-order valence-corrected chi connectivity index (χ4v) is 3.07. The molecule has 2 heterocycles. The van der Waals surface area contributed by atoms with E-state index in [1.54, 1.807) is 4.90 Å². The molecule has 0 aliphatic carbocycles. The van der Waals surface area contributed by atoms with Gasteiger partial charge >= 0.3 is 5.97 Å². The Morgan fingerprint density at radius 3 is 2.54 bits per heavy atom. The van der Waals surface area contributed by atoms with Gasteiger partial charge in [-0.15, -0.1) is 0 Å². The molecule has 0 N–H and O–H groups in total. The minimum absolute atomic E-state index is 0.0412. The maximum Gasteiger partial charge on any atom is 0.338 e. The van der Waals surface area contributed by atoms with Crippen molar-refractivity contribution in [2.45, 2.75) is 26.1 Å². The average Bonchev–Trinajstić information content (AvgIpc) is 2.64. The molecule has 1 fully saturated rings. The Labute approximate surface area is 151 Å². The Kier molecular flexibility index (Phi) is 5.51. The highest BCUT2D eigenvalue weighted by Gasteiger charge is 2.27. The van der Waals surface area contributed by atoms with Crippen LogP contribution in [0.15, 0.2) is 12.1 Å². The maximum absolute atomic E-state index is 12.3. The molecule has 8 nitrogen and oxygen atoms in total. The van der Waals surface area contributed by atoms with Gasteiger partial charge in [-0.2, -0.15) is 0 Å². The van der Waals surface area contributed by atoms with Crippen molar-refractivity contribution in [1.82, 2.24) is 4.90 Å². The van der Waals surface area contributed by atoms with Crippen LogP contribution in [0.5, 0.6) is 17.2 Å². The highest BCUT2D eigenvalue weighted by Crippen LogP contribution is 2.40. The quantitative estimate of drug-likeness (QED) is 0.743. The van der Waals surface area contributed by atoms with Crippen LogP contribution < -0.4 is 14.2 Å². The van der Waals surface area contributed by atoms with Crippen LogP contribution in [0.2, 0.25) is 0 Å². The van der Waals surface area contributed by atoms with Crippen molar-refractivity contribution in [3.8, 4) is 17.2 Å². The van der Waals surface area contributed by atoms with E-state index in [0.717, 1.165) is 0 Å². The Morgan fingerprint density at radius 2 is 1.85 bits per heavy atom. The van der Waals surface area contributed by atoms with Crippen molar-refractivity contribution in [3.05, 3.63) is 17.7 Å². The third-order valence-electron chi connectivity index (χ3n) is 4.16. The number of hydrogen-bond acceptors (Lipinski definition) is 7. The van der Waals surface area contributed by atoms with Crippen molar-refractivity contribution in [2.24, 2.45) is 0 Å². The fraction of sp³-hybridized carbons (Fsp3) is 0.556. The number of methoxy groups -OCH3 is 1. The zero-order valence-corrected chi connectivity index (χ0v) is 15.1. The zero-order valence-electron chi connectivity index (χ0n) is 15.1. The van der Waals surface area contributed by atoms with Crippen LogP contribution >= 0.6 is 0 Å². The second-order valence-corrected chi connectivity index (χ2v) is 6.33.